The lowest BCUT2D eigenvalue weighted by atomic mass is 10.0. The average Bonchev–Trinajstić information content (AvgIpc) is 3.56. The predicted octanol–water partition coefficient (Wildman–Crippen LogP) is 22.9. The smallest absolute Gasteiger partial charge is 0.462 e. The van der Waals surface area contributed by atoms with Crippen LogP contribution in [-0.4, -0.2) is 74.9 Å². The van der Waals surface area contributed by atoms with Gasteiger partial charge in [0.05, 0.1) is 27.7 Å². The summed E-state index contributed by atoms with van der Waals surface area (Å²) in [4.78, 5) is 35.9. The number of carbonyl (C=O) groups is 2. The van der Waals surface area contributed by atoms with E-state index in [0.717, 1.165) is 122 Å². The van der Waals surface area contributed by atoms with Crippen molar-refractivity contribution in [3.8, 4) is 0 Å². The largest absolute Gasteiger partial charge is 0.472 e. The van der Waals surface area contributed by atoms with Gasteiger partial charge in [-0.3, -0.25) is 18.6 Å². The normalized spacial score (nSPS) is 14.2. The molecule has 498 valence electrons. The highest BCUT2D eigenvalue weighted by molar-refractivity contribution is 7.47. The molecule has 2 atom stereocenters. The first kappa shape index (κ1) is 83.4. The van der Waals surface area contributed by atoms with Crippen LogP contribution >= 0.6 is 7.82 Å². The zero-order chi connectivity index (χ0) is 64.1. The van der Waals surface area contributed by atoms with Gasteiger partial charge in [-0.15, -0.1) is 0 Å². The first-order chi connectivity index (χ1) is 43.0. The molecule has 1 N–H and O–H groups in total. The minimum Gasteiger partial charge on any atom is -0.462 e. The number of hydrogen-bond acceptors (Lipinski definition) is 7. The Bertz CT molecular complexity index is 2090. The van der Waals surface area contributed by atoms with Gasteiger partial charge >= 0.3 is 19.8 Å². The van der Waals surface area contributed by atoms with Gasteiger partial charge in [0.15, 0.2) is 6.10 Å². The van der Waals surface area contributed by atoms with Gasteiger partial charge in [-0.25, -0.2) is 4.57 Å². The number of quaternary nitrogens is 1. The second kappa shape index (κ2) is 66.8. The molecule has 10 heteroatoms. The number of esters is 2. The van der Waals surface area contributed by atoms with Gasteiger partial charge in [-0.1, -0.05) is 287 Å². The molecule has 0 aromatic carbocycles. The Hall–Kier alpha value is -4.63. The van der Waals surface area contributed by atoms with Crippen molar-refractivity contribution in [3.63, 3.8) is 0 Å². The Morgan fingerprint density at radius 1 is 0.352 bits per heavy atom. The van der Waals surface area contributed by atoms with Crippen molar-refractivity contribution in [2.24, 2.45) is 0 Å². The van der Waals surface area contributed by atoms with Crippen LogP contribution < -0.4 is 0 Å². The lowest BCUT2D eigenvalue weighted by Gasteiger charge is -2.24. The molecule has 0 saturated heterocycles. The number of likely N-dealkylation sites (N-methyl/N-ethyl adjacent to an activating group) is 1. The highest BCUT2D eigenvalue weighted by Crippen LogP contribution is 2.43. The first-order valence-corrected chi connectivity index (χ1v) is 36.4. The van der Waals surface area contributed by atoms with Crippen LogP contribution in [0.15, 0.2) is 170 Å². The van der Waals surface area contributed by atoms with Gasteiger partial charge in [0.2, 0.25) is 0 Å². The van der Waals surface area contributed by atoms with Gasteiger partial charge < -0.3 is 18.9 Å². The summed E-state index contributed by atoms with van der Waals surface area (Å²) in [6.07, 6.45) is 102. The van der Waals surface area contributed by atoms with Crippen LogP contribution in [-0.2, 0) is 32.7 Å². The molecule has 0 fully saturated rings. The number of ether oxygens (including phenoxy) is 2. The fourth-order valence-electron chi connectivity index (χ4n) is 8.98. The summed E-state index contributed by atoms with van der Waals surface area (Å²) in [7, 11) is 1.43. The van der Waals surface area contributed by atoms with Crippen molar-refractivity contribution >= 4 is 19.8 Å². The van der Waals surface area contributed by atoms with Crippen molar-refractivity contribution in [2.75, 3.05) is 47.5 Å². The van der Waals surface area contributed by atoms with Gasteiger partial charge in [0, 0.05) is 12.8 Å². The number of unbranched alkanes of at least 4 members (excludes halogenated alkanes) is 20. The van der Waals surface area contributed by atoms with Crippen molar-refractivity contribution in [3.05, 3.63) is 170 Å². The van der Waals surface area contributed by atoms with Crippen molar-refractivity contribution in [1.82, 2.24) is 0 Å². The summed E-state index contributed by atoms with van der Waals surface area (Å²) in [6, 6.07) is 0. The molecule has 0 aliphatic heterocycles. The van der Waals surface area contributed by atoms with Crippen molar-refractivity contribution < 1.29 is 42.1 Å². The fourth-order valence-corrected chi connectivity index (χ4v) is 9.72. The van der Waals surface area contributed by atoms with Crippen LogP contribution in [0.3, 0.4) is 0 Å². The summed E-state index contributed by atoms with van der Waals surface area (Å²) in [6.45, 7) is 4.15. The molecule has 0 aromatic rings. The number of carbonyl (C=O) groups excluding carboxylic acids is 2. The summed E-state index contributed by atoms with van der Waals surface area (Å²) in [5.41, 5.74) is 0. The Balaban J connectivity index is 4.18. The third-order valence-electron chi connectivity index (χ3n) is 14.2. The van der Waals surface area contributed by atoms with E-state index in [1.165, 1.54) is 103 Å². The van der Waals surface area contributed by atoms with E-state index in [2.05, 4.69) is 184 Å². The molecular weight excluding hydrogens is 1110 g/mol. The molecule has 88 heavy (non-hydrogen) atoms. The Morgan fingerprint density at radius 3 is 0.932 bits per heavy atom. The second-order valence-electron chi connectivity index (χ2n) is 23.8. The van der Waals surface area contributed by atoms with Crippen LogP contribution in [0.5, 0.6) is 0 Å². The van der Waals surface area contributed by atoms with E-state index in [1.54, 1.807) is 0 Å². The quantitative estimate of drug-likeness (QED) is 0.0211. The highest BCUT2D eigenvalue weighted by Gasteiger charge is 2.27. The summed E-state index contributed by atoms with van der Waals surface area (Å²) in [5, 5.41) is 0. The zero-order valence-electron chi connectivity index (χ0n) is 56.6. The van der Waals surface area contributed by atoms with Crippen LogP contribution in [0.4, 0.5) is 0 Å². The maximum Gasteiger partial charge on any atom is 0.472 e. The van der Waals surface area contributed by atoms with Crippen LogP contribution in [0, 0.1) is 0 Å². The van der Waals surface area contributed by atoms with E-state index in [1.807, 2.05) is 21.1 Å². The van der Waals surface area contributed by atoms with Crippen molar-refractivity contribution in [2.45, 2.75) is 264 Å². The van der Waals surface area contributed by atoms with Gasteiger partial charge in [0.25, 0.3) is 0 Å². The maximum absolute atomic E-state index is 12.9. The average molecular weight is 1240 g/mol. The van der Waals surface area contributed by atoms with E-state index >= 15 is 0 Å². The molecule has 0 aromatic heterocycles. The SMILES string of the molecule is CC/C=C\C/C=C\C/C=C\C/C=C\C/C=C\C/C=C\C/C=C\C/C=C\C/C=C\C/C=C\CCCCC(=O)OC(COC(=O)CCCCCCCCCCCCCCCCCCCC/C=C\C/C=C\C/C=C\C/C=C\CC)COP(=O)(O)OCC[N+](C)(C)C. The summed E-state index contributed by atoms with van der Waals surface area (Å²) in [5.74, 6) is -0.855. The lowest BCUT2D eigenvalue weighted by molar-refractivity contribution is -0.870. The molecular formula is C78H129NO8P+. The number of allylic oxidation sites excluding steroid dienone is 28. The number of phosphoric ester groups is 1. The topological polar surface area (TPSA) is 108 Å². The van der Waals surface area contributed by atoms with Crippen LogP contribution in [0.2, 0.25) is 0 Å². The minimum absolute atomic E-state index is 0.0147. The summed E-state index contributed by atoms with van der Waals surface area (Å²) >= 11 is 0. The lowest BCUT2D eigenvalue weighted by Crippen LogP contribution is -2.37. The second-order valence-corrected chi connectivity index (χ2v) is 25.3. The number of phosphoric acid groups is 1. The van der Waals surface area contributed by atoms with E-state index in [-0.39, 0.29) is 32.0 Å². The zero-order valence-corrected chi connectivity index (χ0v) is 57.5. The minimum atomic E-state index is -4.42. The van der Waals surface area contributed by atoms with E-state index in [0.29, 0.717) is 17.4 Å². The molecule has 0 rings (SSSR count). The van der Waals surface area contributed by atoms with E-state index in [9.17, 15) is 19.0 Å². The third-order valence-corrected chi connectivity index (χ3v) is 15.2. The molecule has 9 nitrogen and oxygen atoms in total. The fraction of sp³-hybridized carbons (Fsp3) is 0.615. The van der Waals surface area contributed by atoms with Gasteiger partial charge in [-0.05, 0) is 128 Å². The molecule has 0 saturated carbocycles. The van der Waals surface area contributed by atoms with Gasteiger partial charge in [0.1, 0.15) is 19.8 Å². The third kappa shape index (κ3) is 70.5. The predicted molar refractivity (Wildman–Crippen MR) is 380 cm³/mol. The van der Waals surface area contributed by atoms with E-state index in [4.69, 9.17) is 18.5 Å². The molecule has 0 aliphatic carbocycles. The Kier molecular flexibility index (Phi) is 63.3. The van der Waals surface area contributed by atoms with Crippen molar-refractivity contribution in [1.29, 1.82) is 0 Å². The molecule has 2 unspecified atom stereocenters. The highest BCUT2D eigenvalue weighted by atomic mass is 31.2. The van der Waals surface area contributed by atoms with Gasteiger partial charge in [-0.2, -0.15) is 0 Å². The molecule has 0 spiro atoms. The van der Waals surface area contributed by atoms with Crippen LogP contribution in [0.25, 0.3) is 0 Å². The number of rotatable bonds is 62. The number of hydrogen-bond donors (Lipinski definition) is 1. The Morgan fingerprint density at radius 2 is 0.614 bits per heavy atom. The monoisotopic (exact) mass is 1240 g/mol. The standard InChI is InChI=1S/C78H128NO8P/c1-6-8-10-12-14-16-18-20-22-24-26-28-30-32-34-36-38-39-41-43-45-47-49-51-53-55-57-59-61-63-65-67-69-71-78(81)87-76(75-86-88(82,83)85-73-72-79(3,4)5)74-84-77(80)70-68-66-64-62-60-58-56-54-52-50-48-46-44-42-40-37-35-33-31-29-27-25-23-21-19-17-15-13-11-9-7-2/h8-11,14-17,20-23,26-29,32,34,38-39,43,45,49,51,55,57,61,63,76H,6-7,12-13,18-19,24-25,30-31,33,35-37,40-42,44,46-48,50,52-54,56,58-60,62,64-75H2,1-5H3/p+1/b10-8-,11-9-,16-14-,17-15-,22-20-,23-21-,28-26-,29-27-,34-32-,39-38-,45-43-,51-49-,57-55-,63-61-. The molecule has 0 radical (unpaired) electrons. The maximum atomic E-state index is 12.9. The molecule has 0 amide bonds. The van der Waals surface area contributed by atoms with Crippen LogP contribution in [0.1, 0.15) is 258 Å². The van der Waals surface area contributed by atoms with E-state index < -0.39 is 26.5 Å². The molecule has 0 aliphatic rings. The summed E-state index contributed by atoms with van der Waals surface area (Å²) < 4.78 is 34.6. The first-order valence-electron chi connectivity index (χ1n) is 34.9. The molecule has 0 bridgehead atoms. The number of nitrogens with zero attached hydrogens (tertiary/aromatic N) is 1. The Labute approximate surface area is 540 Å². The molecule has 0 heterocycles.